The summed E-state index contributed by atoms with van der Waals surface area (Å²) >= 11 is 0. The van der Waals surface area contributed by atoms with Crippen LogP contribution in [0.15, 0.2) is 12.2 Å². The van der Waals surface area contributed by atoms with Crippen molar-refractivity contribution in [3.63, 3.8) is 0 Å². The first-order valence-corrected chi connectivity index (χ1v) is 5.36. The number of nitrogens with one attached hydrogen (secondary N) is 1. The highest BCUT2D eigenvalue weighted by Gasteiger charge is 2.11. The fraction of sp³-hybridized carbons (Fsp3) is 0.818. The molecule has 2 atom stereocenters. The van der Waals surface area contributed by atoms with Crippen LogP contribution in [-0.2, 0) is 0 Å². The van der Waals surface area contributed by atoms with Crippen LogP contribution in [0.3, 0.4) is 0 Å². The van der Waals surface area contributed by atoms with Crippen LogP contribution in [0.1, 0.15) is 32.6 Å². The molecule has 13 heavy (non-hydrogen) atoms. The molecule has 0 amide bonds. The Morgan fingerprint density at radius 1 is 1.54 bits per heavy atom. The van der Waals surface area contributed by atoms with Crippen LogP contribution < -0.4 is 5.32 Å². The predicted octanol–water partition coefficient (Wildman–Crippen LogP) is 1.70. The molecule has 2 N–H and O–H groups in total. The predicted molar refractivity (Wildman–Crippen MR) is 55.6 cm³/mol. The lowest BCUT2D eigenvalue weighted by Crippen LogP contribution is -2.35. The van der Waals surface area contributed by atoms with Crippen LogP contribution in [0.4, 0.5) is 0 Å². The second kappa shape index (κ2) is 6.17. The topological polar surface area (TPSA) is 32.3 Å². The molecule has 0 aromatic rings. The lowest BCUT2D eigenvalue weighted by molar-refractivity contribution is 0.232. The molecule has 0 fully saturated rings. The molecule has 0 aliphatic heterocycles. The molecule has 76 valence electrons. The summed E-state index contributed by atoms with van der Waals surface area (Å²) in [7, 11) is 0. The number of rotatable bonds is 5. The Morgan fingerprint density at radius 2 is 2.38 bits per heavy atom. The van der Waals surface area contributed by atoms with Crippen molar-refractivity contribution in [3.05, 3.63) is 12.2 Å². The van der Waals surface area contributed by atoms with Gasteiger partial charge in [-0.15, -0.1) is 0 Å². The van der Waals surface area contributed by atoms with Gasteiger partial charge in [0.2, 0.25) is 0 Å². The fourth-order valence-corrected chi connectivity index (χ4v) is 1.71. The van der Waals surface area contributed by atoms with E-state index in [-0.39, 0.29) is 6.61 Å². The quantitative estimate of drug-likeness (QED) is 0.636. The molecular weight excluding hydrogens is 162 g/mol. The molecule has 0 bridgehead atoms. The van der Waals surface area contributed by atoms with Crippen LogP contribution in [0.25, 0.3) is 0 Å². The SMILES string of the molecule is CC[C@H](CO)NC[C@@H]1CC=CCC1. The first-order valence-electron chi connectivity index (χ1n) is 5.36. The molecule has 0 spiro atoms. The van der Waals surface area contributed by atoms with Crippen molar-refractivity contribution in [1.82, 2.24) is 5.32 Å². The second-order valence-electron chi connectivity index (χ2n) is 3.85. The highest BCUT2D eigenvalue weighted by Crippen LogP contribution is 2.17. The van der Waals surface area contributed by atoms with Crippen LogP contribution in [-0.4, -0.2) is 24.3 Å². The first kappa shape index (κ1) is 10.7. The summed E-state index contributed by atoms with van der Waals surface area (Å²) in [6.07, 6.45) is 9.27. The Labute approximate surface area is 81.0 Å². The van der Waals surface area contributed by atoms with E-state index in [1.807, 2.05) is 0 Å². The Bertz CT molecular complexity index is 152. The maximum Gasteiger partial charge on any atom is 0.0584 e. The summed E-state index contributed by atoms with van der Waals surface area (Å²) in [6.45, 7) is 3.43. The maximum atomic E-state index is 8.98. The van der Waals surface area contributed by atoms with Crippen molar-refractivity contribution in [1.29, 1.82) is 0 Å². The van der Waals surface area contributed by atoms with Gasteiger partial charge >= 0.3 is 0 Å². The van der Waals surface area contributed by atoms with Gasteiger partial charge in [0.15, 0.2) is 0 Å². The average Bonchev–Trinajstić information content (AvgIpc) is 2.21. The minimum Gasteiger partial charge on any atom is -0.395 e. The number of allylic oxidation sites excluding steroid dienone is 2. The first-order chi connectivity index (χ1) is 6.36. The van der Waals surface area contributed by atoms with Gasteiger partial charge < -0.3 is 10.4 Å². The number of aliphatic hydroxyl groups excluding tert-OH is 1. The van der Waals surface area contributed by atoms with Gasteiger partial charge in [0.05, 0.1) is 6.61 Å². The van der Waals surface area contributed by atoms with Gasteiger partial charge in [-0.2, -0.15) is 0 Å². The zero-order valence-electron chi connectivity index (χ0n) is 8.50. The van der Waals surface area contributed by atoms with E-state index in [1.165, 1.54) is 19.3 Å². The van der Waals surface area contributed by atoms with Crippen LogP contribution >= 0.6 is 0 Å². The number of aliphatic hydroxyl groups is 1. The van der Waals surface area contributed by atoms with Crippen LogP contribution in [0.5, 0.6) is 0 Å². The van der Waals surface area contributed by atoms with Crippen molar-refractivity contribution in [2.75, 3.05) is 13.2 Å². The van der Waals surface area contributed by atoms with Gasteiger partial charge in [-0.1, -0.05) is 19.1 Å². The second-order valence-corrected chi connectivity index (χ2v) is 3.85. The summed E-state index contributed by atoms with van der Waals surface area (Å²) in [5, 5.41) is 12.4. The molecular formula is C11H21NO. The fourth-order valence-electron chi connectivity index (χ4n) is 1.71. The van der Waals surface area contributed by atoms with Gasteiger partial charge in [0.25, 0.3) is 0 Å². The van der Waals surface area contributed by atoms with E-state index in [4.69, 9.17) is 5.11 Å². The summed E-state index contributed by atoms with van der Waals surface area (Å²) in [5.41, 5.74) is 0. The van der Waals surface area contributed by atoms with E-state index in [9.17, 15) is 0 Å². The zero-order chi connectivity index (χ0) is 9.52. The highest BCUT2D eigenvalue weighted by atomic mass is 16.3. The van der Waals surface area contributed by atoms with Gasteiger partial charge in [-0.25, -0.2) is 0 Å². The average molecular weight is 183 g/mol. The number of hydrogen-bond donors (Lipinski definition) is 2. The van der Waals surface area contributed by atoms with Crippen LogP contribution in [0.2, 0.25) is 0 Å². The molecule has 0 unspecified atom stereocenters. The van der Waals surface area contributed by atoms with Crippen LogP contribution in [0, 0.1) is 5.92 Å². The summed E-state index contributed by atoms with van der Waals surface area (Å²) in [4.78, 5) is 0. The Balaban J connectivity index is 2.13. The van der Waals surface area contributed by atoms with E-state index < -0.39 is 0 Å². The van der Waals surface area contributed by atoms with Crippen molar-refractivity contribution < 1.29 is 5.11 Å². The molecule has 0 heterocycles. The number of hydrogen-bond acceptors (Lipinski definition) is 2. The molecule has 1 aliphatic carbocycles. The molecule has 0 radical (unpaired) electrons. The molecule has 1 rings (SSSR count). The largest absolute Gasteiger partial charge is 0.395 e. The molecule has 0 saturated carbocycles. The molecule has 2 heteroatoms. The van der Waals surface area contributed by atoms with E-state index in [0.717, 1.165) is 18.9 Å². The van der Waals surface area contributed by atoms with E-state index in [2.05, 4.69) is 24.4 Å². The highest BCUT2D eigenvalue weighted by molar-refractivity contribution is 4.90. The molecule has 1 aliphatic rings. The standard InChI is InChI=1S/C11H21NO/c1-2-11(9-13)12-8-10-6-4-3-5-7-10/h3-4,10-13H,2,5-9H2,1H3/t10-,11-/m1/s1. The van der Waals surface area contributed by atoms with E-state index in [1.54, 1.807) is 0 Å². The smallest absolute Gasteiger partial charge is 0.0584 e. The monoisotopic (exact) mass is 183 g/mol. The van der Waals surface area contributed by atoms with Gasteiger partial charge in [-0.3, -0.25) is 0 Å². The third kappa shape index (κ3) is 3.92. The maximum absolute atomic E-state index is 8.98. The normalized spacial score (nSPS) is 24.6. The zero-order valence-corrected chi connectivity index (χ0v) is 8.50. The Kier molecular flexibility index (Phi) is 5.09. The minimum atomic E-state index is 0.263. The summed E-state index contributed by atoms with van der Waals surface area (Å²) < 4.78 is 0. The van der Waals surface area contributed by atoms with E-state index in [0.29, 0.717) is 6.04 Å². The summed E-state index contributed by atoms with van der Waals surface area (Å²) in [5.74, 6) is 0.783. The van der Waals surface area contributed by atoms with Crippen molar-refractivity contribution >= 4 is 0 Å². The van der Waals surface area contributed by atoms with Gasteiger partial charge in [-0.05, 0) is 38.1 Å². The van der Waals surface area contributed by atoms with Crippen molar-refractivity contribution in [2.24, 2.45) is 5.92 Å². The lowest BCUT2D eigenvalue weighted by Gasteiger charge is -2.21. The summed E-state index contributed by atoms with van der Waals surface area (Å²) in [6, 6.07) is 0.297. The Hall–Kier alpha value is -0.340. The third-order valence-electron chi connectivity index (χ3n) is 2.79. The minimum absolute atomic E-state index is 0.263. The third-order valence-corrected chi connectivity index (χ3v) is 2.79. The van der Waals surface area contributed by atoms with Crippen molar-refractivity contribution in [3.8, 4) is 0 Å². The lowest BCUT2D eigenvalue weighted by atomic mass is 9.94. The molecule has 0 aromatic heterocycles. The molecule has 2 nitrogen and oxygen atoms in total. The van der Waals surface area contributed by atoms with Gasteiger partial charge in [0.1, 0.15) is 0 Å². The van der Waals surface area contributed by atoms with Crippen molar-refractivity contribution in [2.45, 2.75) is 38.6 Å². The van der Waals surface area contributed by atoms with Gasteiger partial charge in [0, 0.05) is 6.04 Å². The molecule has 0 aromatic carbocycles. The Morgan fingerprint density at radius 3 is 2.92 bits per heavy atom. The molecule has 0 saturated heterocycles. The van der Waals surface area contributed by atoms with E-state index >= 15 is 0 Å².